The largest absolute Gasteiger partial charge is 0.326 e. The molecule has 2 unspecified atom stereocenters. The molecule has 2 N–H and O–H groups in total. The molecule has 2 atom stereocenters. The summed E-state index contributed by atoms with van der Waals surface area (Å²) in [5.74, 6) is 0.0871. The summed E-state index contributed by atoms with van der Waals surface area (Å²) < 4.78 is 27.5. The second kappa shape index (κ2) is 8.97. The van der Waals surface area contributed by atoms with Gasteiger partial charge in [-0.2, -0.15) is 4.31 Å². The first-order valence-electron chi connectivity index (χ1n) is 9.94. The Morgan fingerprint density at radius 2 is 1.57 bits per heavy atom. The Hall–Kier alpha value is -2.71. The van der Waals surface area contributed by atoms with E-state index in [1.807, 2.05) is 0 Å². The monoisotopic (exact) mass is 429 g/mol. The molecule has 1 fully saturated rings. The summed E-state index contributed by atoms with van der Waals surface area (Å²) in [5.41, 5.74) is 1.40. The fraction of sp³-hybridized carbons (Fsp3) is 0.364. The number of nitrogens with one attached hydrogen (secondary N) is 2. The molecule has 1 saturated heterocycles. The Morgan fingerprint density at radius 3 is 2.17 bits per heavy atom. The topological polar surface area (TPSA) is 95.6 Å². The van der Waals surface area contributed by atoms with E-state index in [9.17, 15) is 18.0 Å². The quantitative estimate of drug-likeness (QED) is 0.760. The fourth-order valence-electron chi connectivity index (χ4n) is 3.81. The maximum Gasteiger partial charge on any atom is 0.255 e. The summed E-state index contributed by atoms with van der Waals surface area (Å²) in [6.07, 6.45) is 1.03. The minimum absolute atomic E-state index is 0.217. The van der Waals surface area contributed by atoms with E-state index in [1.165, 1.54) is 19.1 Å². The Balaban J connectivity index is 1.71. The van der Waals surface area contributed by atoms with Gasteiger partial charge in [0.05, 0.1) is 4.90 Å². The average molecular weight is 430 g/mol. The number of amides is 2. The first-order chi connectivity index (χ1) is 14.1. The molecule has 8 heteroatoms. The fourth-order valence-corrected chi connectivity index (χ4v) is 5.49. The van der Waals surface area contributed by atoms with Crippen molar-refractivity contribution < 1.29 is 18.0 Å². The van der Waals surface area contributed by atoms with E-state index >= 15 is 0 Å². The van der Waals surface area contributed by atoms with Gasteiger partial charge in [-0.15, -0.1) is 0 Å². The molecule has 30 heavy (non-hydrogen) atoms. The lowest BCUT2D eigenvalue weighted by Crippen LogP contribution is -2.42. The average Bonchev–Trinajstić information content (AvgIpc) is 2.67. The Kier molecular flexibility index (Phi) is 6.58. The smallest absolute Gasteiger partial charge is 0.255 e. The van der Waals surface area contributed by atoms with Crippen molar-refractivity contribution in [2.45, 2.75) is 32.1 Å². The van der Waals surface area contributed by atoms with Gasteiger partial charge in [0.1, 0.15) is 0 Å². The third kappa shape index (κ3) is 5.25. The molecule has 2 amide bonds. The van der Waals surface area contributed by atoms with Gasteiger partial charge in [-0.25, -0.2) is 8.42 Å². The minimum Gasteiger partial charge on any atom is -0.326 e. The van der Waals surface area contributed by atoms with Crippen LogP contribution in [0, 0.1) is 11.8 Å². The highest BCUT2D eigenvalue weighted by Crippen LogP contribution is 2.27. The van der Waals surface area contributed by atoms with Crippen LogP contribution in [-0.2, 0) is 14.8 Å². The van der Waals surface area contributed by atoms with E-state index in [4.69, 9.17) is 0 Å². The molecule has 2 aromatic carbocycles. The molecular weight excluding hydrogens is 402 g/mol. The summed E-state index contributed by atoms with van der Waals surface area (Å²) in [5, 5.41) is 5.39. The van der Waals surface area contributed by atoms with Crippen LogP contribution < -0.4 is 10.6 Å². The number of benzene rings is 2. The lowest BCUT2D eigenvalue weighted by Gasteiger charge is -2.34. The van der Waals surface area contributed by atoms with Crippen molar-refractivity contribution in [3.8, 4) is 0 Å². The molecule has 3 rings (SSSR count). The second-order valence-corrected chi connectivity index (χ2v) is 9.95. The molecule has 1 aliphatic heterocycles. The van der Waals surface area contributed by atoms with E-state index in [0.717, 1.165) is 6.42 Å². The molecule has 1 aliphatic rings. The molecule has 7 nitrogen and oxygen atoms in total. The maximum absolute atomic E-state index is 13.0. The van der Waals surface area contributed by atoms with E-state index < -0.39 is 10.0 Å². The molecule has 0 aromatic heterocycles. The number of carbonyl (C=O) groups excluding carboxylic acids is 2. The first kappa shape index (κ1) is 22.0. The normalized spacial score (nSPS) is 19.8. The number of carbonyl (C=O) groups is 2. The van der Waals surface area contributed by atoms with Crippen LogP contribution in [0.3, 0.4) is 0 Å². The molecule has 2 aromatic rings. The number of anilines is 2. The molecule has 0 spiro atoms. The van der Waals surface area contributed by atoms with E-state index in [2.05, 4.69) is 24.5 Å². The van der Waals surface area contributed by atoms with Gasteiger partial charge in [-0.1, -0.05) is 19.9 Å². The molecular formula is C22H27N3O4S. The zero-order valence-electron chi connectivity index (χ0n) is 17.4. The third-order valence-electron chi connectivity index (χ3n) is 5.03. The van der Waals surface area contributed by atoms with Crippen molar-refractivity contribution in [2.75, 3.05) is 23.7 Å². The van der Waals surface area contributed by atoms with Crippen LogP contribution in [0.5, 0.6) is 0 Å². The molecule has 160 valence electrons. The van der Waals surface area contributed by atoms with Crippen LogP contribution >= 0.6 is 0 Å². The standard InChI is InChI=1S/C22H27N3O4S/c1-15-11-16(2)14-25(13-15)30(28,29)21-9-7-19(8-10-21)24-22(27)18-5-4-6-20(12-18)23-17(3)26/h4-10,12,15-16H,11,13-14H2,1-3H3,(H,23,26)(H,24,27). The minimum atomic E-state index is -3.56. The highest BCUT2D eigenvalue weighted by molar-refractivity contribution is 7.89. The SMILES string of the molecule is CC(=O)Nc1cccc(C(=O)Nc2ccc(S(=O)(=O)N3CC(C)CC(C)C3)cc2)c1. The number of piperidine rings is 1. The van der Waals surface area contributed by atoms with Crippen molar-refractivity contribution in [3.05, 3.63) is 54.1 Å². The highest BCUT2D eigenvalue weighted by Gasteiger charge is 2.31. The Labute approximate surface area is 177 Å². The van der Waals surface area contributed by atoms with Gasteiger partial charge in [0.25, 0.3) is 5.91 Å². The van der Waals surface area contributed by atoms with E-state index in [1.54, 1.807) is 40.7 Å². The van der Waals surface area contributed by atoms with Crippen LogP contribution in [0.4, 0.5) is 11.4 Å². The van der Waals surface area contributed by atoms with Crippen molar-refractivity contribution in [3.63, 3.8) is 0 Å². The van der Waals surface area contributed by atoms with Crippen LogP contribution in [0.2, 0.25) is 0 Å². The Morgan fingerprint density at radius 1 is 0.933 bits per heavy atom. The summed E-state index contributed by atoms with van der Waals surface area (Å²) in [6, 6.07) is 12.8. The van der Waals surface area contributed by atoms with Crippen LogP contribution in [-0.4, -0.2) is 37.6 Å². The van der Waals surface area contributed by atoms with Gasteiger partial charge in [0, 0.05) is 37.0 Å². The molecule has 0 aliphatic carbocycles. The summed E-state index contributed by atoms with van der Waals surface area (Å²) in [4.78, 5) is 23.9. The summed E-state index contributed by atoms with van der Waals surface area (Å²) >= 11 is 0. The predicted octanol–water partition coefficient (Wildman–Crippen LogP) is 3.56. The van der Waals surface area contributed by atoms with E-state index in [-0.39, 0.29) is 16.7 Å². The van der Waals surface area contributed by atoms with Gasteiger partial charge in [0.2, 0.25) is 15.9 Å². The third-order valence-corrected chi connectivity index (χ3v) is 6.88. The number of rotatable bonds is 5. The summed E-state index contributed by atoms with van der Waals surface area (Å²) in [6.45, 7) is 6.58. The molecule has 0 bridgehead atoms. The highest BCUT2D eigenvalue weighted by atomic mass is 32.2. The van der Waals surface area contributed by atoms with Crippen LogP contribution in [0.15, 0.2) is 53.4 Å². The van der Waals surface area contributed by atoms with Gasteiger partial charge in [0.15, 0.2) is 0 Å². The van der Waals surface area contributed by atoms with Gasteiger partial charge in [-0.05, 0) is 60.7 Å². The van der Waals surface area contributed by atoms with Crippen molar-refractivity contribution in [2.24, 2.45) is 11.8 Å². The predicted molar refractivity (Wildman–Crippen MR) is 117 cm³/mol. The number of sulfonamides is 1. The van der Waals surface area contributed by atoms with Gasteiger partial charge in [-0.3, -0.25) is 9.59 Å². The number of nitrogens with zero attached hydrogens (tertiary/aromatic N) is 1. The zero-order chi connectivity index (χ0) is 21.9. The van der Waals surface area contributed by atoms with Crippen molar-refractivity contribution in [1.82, 2.24) is 4.31 Å². The zero-order valence-corrected chi connectivity index (χ0v) is 18.2. The molecule has 0 radical (unpaired) electrons. The summed E-state index contributed by atoms with van der Waals surface area (Å²) in [7, 11) is -3.56. The Bertz CT molecular complexity index is 1020. The van der Waals surface area contributed by atoms with Crippen molar-refractivity contribution in [1.29, 1.82) is 0 Å². The van der Waals surface area contributed by atoms with Crippen LogP contribution in [0.1, 0.15) is 37.6 Å². The van der Waals surface area contributed by atoms with Crippen LogP contribution in [0.25, 0.3) is 0 Å². The van der Waals surface area contributed by atoms with Crippen molar-refractivity contribution >= 4 is 33.2 Å². The van der Waals surface area contributed by atoms with E-state index in [0.29, 0.717) is 41.9 Å². The first-order valence-corrected chi connectivity index (χ1v) is 11.4. The maximum atomic E-state index is 13.0. The number of hydrogen-bond acceptors (Lipinski definition) is 4. The molecule has 0 saturated carbocycles. The van der Waals surface area contributed by atoms with Gasteiger partial charge >= 0.3 is 0 Å². The molecule has 1 heterocycles. The second-order valence-electron chi connectivity index (χ2n) is 8.01. The lowest BCUT2D eigenvalue weighted by molar-refractivity contribution is -0.114. The lowest BCUT2D eigenvalue weighted by atomic mass is 9.94. The number of hydrogen-bond donors (Lipinski definition) is 2. The van der Waals surface area contributed by atoms with Gasteiger partial charge < -0.3 is 10.6 Å².